The Morgan fingerprint density at radius 2 is 2.11 bits per heavy atom. The molecule has 1 aliphatic heterocycles. The second kappa shape index (κ2) is 4.35. The molecule has 0 unspecified atom stereocenters. The van der Waals surface area contributed by atoms with Gasteiger partial charge in [-0.1, -0.05) is 0 Å². The SMILES string of the molecule is [CH]c1cc2c(cc1NC(=O)c1cccn1C)OCO2. The van der Waals surface area contributed by atoms with Crippen LogP contribution in [0, 0.1) is 6.92 Å². The van der Waals surface area contributed by atoms with Gasteiger partial charge in [-0.05, 0) is 23.8 Å². The maximum Gasteiger partial charge on any atom is 0.272 e. The number of nitrogens with zero attached hydrogens (tertiary/aromatic N) is 1. The zero-order valence-electron chi connectivity index (χ0n) is 10.3. The van der Waals surface area contributed by atoms with Crippen molar-refractivity contribution in [3.05, 3.63) is 48.6 Å². The van der Waals surface area contributed by atoms with E-state index >= 15 is 0 Å². The van der Waals surface area contributed by atoms with E-state index in [0.29, 0.717) is 28.4 Å². The minimum absolute atomic E-state index is 0.171. The molecule has 1 amide bonds. The molecule has 19 heavy (non-hydrogen) atoms. The molecular formula is C14H12N2O3. The number of fused-ring (bicyclic) bond motifs is 1. The molecule has 0 saturated carbocycles. The quantitative estimate of drug-likeness (QED) is 0.894. The van der Waals surface area contributed by atoms with Gasteiger partial charge in [-0.3, -0.25) is 4.79 Å². The third kappa shape index (κ3) is 2.03. The van der Waals surface area contributed by atoms with Crippen molar-refractivity contribution in [3.8, 4) is 11.5 Å². The van der Waals surface area contributed by atoms with Gasteiger partial charge in [0.25, 0.3) is 5.91 Å². The molecule has 0 atom stereocenters. The molecule has 5 heteroatoms. The van der Waals surface area contributed by atoms with E-state index in [0.717, 1.165) is 0 Å². The van der Waals surface area contributed by atoms with Crippen molar-refractivity contribution in [1.82, 2.24) is 4.57 Å². The van der Waals surface area contributed by atoms with Crippen LogP contribution in [0.4, 0.5) is 5.69 Å². The number of amides is 1. The summed E-state index contributed by atoms with van der Waals surface area (Å²) in [5.41, 5.74) is 1.50. The van der Waals surface area contributed by atoms with Crippen LogP contribution in [0.1, 0.15) is 16.1 Å². The van der Waals surface area contributed by atoms with Gasteiger partial charge in [-0.25, -0.2) is 0 Å². The lowest BCUT2D eigenvalue weighted by Crippen LogP contribution is -2.15. The topological polar surface area (TPSA) is 52.5 Å². The highest BCUT2D eigenvalue weighted by Crippen LogP contribution is 2.36. The molecule has 1 aliphatic rings. The van der Waals surface area contributed by atoms with Gasteiger partial charge < -0.3 is 19.4 Å². The molecule has 1 aromatic carbocycles. The number of ether oxygens (including phenoxy) is 2. The average molecular weight is 256 g/mol. The molecule has 2 aromatic rings. The fourth-order valence-electron chi connectivity index (χ4n) is 1.95. The number of anilines is 1. The highest BCUT2D eigenvalue weighted by molar-refractivity contribution is 6.03. The Hall–Kier alpha value is -2.43. The summed E-state index contributed by atoms with van der Waals surface area (Å²) in [6.07, 6.45) is 1.80. The molecule has 3 rings (SSSR count). The summed E-state index contributed by atoms with van der Waals surface area (Å²) in [5, 5.41) is 2.76. The summed E-state index contributed by atoms with van der Waals surface area (Å²) < 4.78 is 12.2. The molecule has 5 nitrogen and oxygen atoms in total. The van der Waals surface area contributed by atoms with E-state index in [1.807, 2.05) is 0 Å². The number of rotatable bonds is 2. The van der Waals surface area contributed by atoms with Gasteiger partial charge in [-0.15, -0.1) is 0 Å². The van der Waals surface area contributed by atoms with Gasteiger partial charge in [0.05, 0.1) is 0 Å². The van der Waals surface area contributed by atoms with Gasteiger partial charge in [0.1, 0.15) is 5.69 Å². The number of hydrogen-bond donors (Lipinski definition) is 1. The Morgan fingerprint density at radius 1 is 1.37 bits per heavy atom. The highest BCUT2D eigenvalue weighted by Gasteiger charge is 2.17. The van der Waals surface area contributed by atoms with Gasteiger partial charge in [-0.2, -0.15) is 0 Å². The van der Waals surface area contributed by atoms with E-state index < -0.39 is 0 Å². The largest absolute Gasteiger partial charge is 0.454 e. The van der Waals surface area contributed by atoms with Crippen molar-refractivity contribution in [2.45, 2.75) is 0 Å². The predicted molar refractivity (Wildman–Crippen MR) is 69.3 cm³/mol. The number of carbonyl (C=O) groups excluding carboxylic acids is 1. The number of benzene rings is 1. The standard InChI is InChI=1S/C14H12N2O3/c1-9-6-12-13(19-8-18-12)7-10(9)15-14(17)11-4-3-5-16(11)2/h1,3-7H,8H2,2H3,(H,15,17). The molecule has 0 fully saturated rings. The molecule has 0 saturated heterocycles. The zero-order valence-corrected chi connectivity index (χ0v) is 10.3. The minimum Gasteiger partial charge on any atom is -0.454 e. The maximum atomic E-state index is 12.1. The van der Waals surface area contributed by atoms with Crippen LogP contribution in [0.15, 0.2) is 30.5 Å². The van der Waals surface area contributed by atoms with Crippen LogP contribution in [-0.2, 0) is 7.05 Å². The molecule has 1 N–H and O–H groups in total. The number of aromatic nitrogens is 1. The van der Waals surface area contributed by atoms with Crippen molar-refractivity contribution in [3.63, 3.8) is 0 Å². The summed E-state index contributed by atoms with van der Waals surface area (Å²) >= 11 is 0. The van der Waals surface area contributed by atoms with E-state index in [1.165, 1.54) is 0 Å². The highest BCUT2D eigenvalue weighted by atomic mass is 16.7. The number of carbonyl (C=O) groups is 1. The fraction of sp³-hybridized carbons (Fsp3) is 0.143. The third-order valence-electron chi connectivity index (χ3n) is 2.97. The number of hydrogen-bond acceptors (Lipinski definition) is 3. The molecule has 0 spiro atoms. The average Bonchev–Trinajstić information content (AvgIpc) is 2.98. The van der Waals surface area contributed by atoms with E-state index in [2.05, 4.69) is 5.32 Å². The van der Waals surface area contributed by atoms with E-state index in [4.69, 9.17) is 16.4 Å². The number of aryl methyl sites for hydroxylation is 1. The first-order valence-electron chi connectivity index (χ1n) is 5.77. The lowest BCUT2D eigenvalue weighted by atomic mass is 10.1. The summed E-state index contributed by atoms with van der Waals surface area (Å²) in [4.78, 5) is 12.1. The van der Waals surface area contributed by atoms with Crippen LogP contribution in [0.3, 0.4) is 0 Å². The Bertz CT molecular complexity index is 646. The predicted octanol–water partition coefficient (Wildman–Crippen LogP) is 2.07. The number of nitrogens with one attached hydrogen (secondary N) is 1. The third-order valence-corrected chi connectivity index (χ3v) is 2.97. The summed E-state index contributed by atoms with van der Waals surface area (Å²) in [6, 6.07) is 6.85. The smallest absolute Gasteiger partial charge is 0.272 e. The van der Waals surface area contributed by atoms with Crippen LogP contribution >= 0.6 is 0 Å². The van der Waals surface area contributed by atoms with Crippen LogP contribution in [0.25, 0.3) is 0 Å². The van der Waals surface area contributed by atoms with Crippen LogP contribution < -0.4 is 14.8 Å². The summed E-state index contributed by atoms with van der Waals surface area (Å²) in [5.74, 6) is 0.948. The van der Waals surface area contributed by atoms with Crippen molar-refractivity contribution >= 4 is 11.6 Å². The Balaban J connectivity index is 1.88. The second-order valence-corrected chi connectivity index (χ2v) is 4.25. The molecule has 2 radical (unpaired) electrons. The van der Waals surface area contributed by atoms with E-state index in [9.17, 15) is 4.79 Å². The zero-order chi connectivity index (χ0) is 13.4. The first-order valence-corrected chi connectivity index (χ1v) is 5.77. The minimum atomic E-state index is -0.224. The first-order chi connectivity index (χ1) is 9.15. The molecule has 0 bridgehead atoms. The lowest BCUT2D eigenvalue weighted by molar-refractivity contribution is 0.101. The molecule has 1 aromatic heterocycles. The summed E-state index contributed by atoms with van der Waals surface area (Å²) in [7, 11) is 1.80. The molecule has 2 heterocycles. The molecular weight excluding hydrogens is 244 g/mol. The van der Waals surface area contributed by atoms with E-state index in [1.54, 1.807) is 42.1 Å². The lowest BCUT2D eigenvalue weighted by Gasteiger charge is -2.10. The molecule has 0 aliphatic carbocycles. The summed E-state index contributed by atoms with van der Waals surface area (Å²) in [6.45, 7) is 6.05. The Kier molecular flexibility index (Phi) is 2.67. The monoisotopic (exact) mass is 256 g/mol. The van der Waals surface area contributed by atoms with Gasteiger partial charge in [0, 0.05) is 31.9 Å². The second-order valence-electron chi connectivity index (χ2n) is 4.25. The fourth-order valence-corrected chi connectivity index (χ4v) is 1.95. The normalized spacial score (nSPS) is 12.5. The van der Waals surface area contributed by atoms with Crippen molar-refractivity contribution in [2.75, 3.05) is 12.1 Å². The van der Waals surface area contributed by atoms with E-state index in [-0.39, 0.29) is 12.7 Å². The van der Waals surface area contributed by atoms with Gasteiger partial charge >= 0.3 is 0 Å². The first kappa shape index (κ1) is 11.6. The van der Waals surface area contributed by atoms with Crippen LogP contribution in [0.2, 0.25) is 0 Å². The van der Waals surface area contributed by atoms with Gasteiger partial charge in [0.15, 0.2) is 11.5 Å². The van der Waals surface area contributed by atoms with Crippen molar-refractivity contribution in [1.29, 1.82) is 0 Å². The Morgan fingerprint density at radius 3 is 2.79 bits per heavy atom. The maximum absolute atomic E-state index is 12.1. The molecule has 96 valence electrons. The Labute approximate surface area is 110 Å². The van der Waals surface area contributed by atoms with Crippen LogP contribution in [0.5, 0.6) is 11.5 Å². The van der Waals surface area contributed by atoms with Gasteiger partial charge in [0.2, 0.25) is 6.79 Å². The van der Waals surface area contributed by atoms with Crippen molar-refractivity contribution in [2.24, 2.45) is 7.05 Å². The van der Waals surface area contributed by atoms with Crippen molar-refractivity contribution < 1.29 is 14.3 Å². The van der Waals surface area contributed by atoms with Crippen LogP contribution in [-0.4, -0.2) is 17.3 Å².